The number of hydrogen-bond donors (Lipinski definition) is 1. The second kappa shape index (κ2) is 5.54. The minimum absolute atomic E-state index is 0.232. The summed E-state index contributed by atoms with van der Waals surface area (Å²) in [5.74, 6) is -4.56. The minimum atomic E-state index is -3.32. The van der Waals surface area contributed by atoms with Gasteiger partial charge in [0.1, 0.15) is 0 Å². The van der Waals surface area contributed by atoms with E-state index in [2.05, 4.69) is 5.32 Å². The fourth-order valence-corrected chi connectivity index (χ4v) is 3.63. The number of nitrogens with zero attached hydrogens (tertiary/aromatic N) is 1. The zero-order chi connectivity index (χ0) is 15.0. The Hall–Kier alpha value is -1.20. The van der Waals surface area contributed by atoms with Crippen LogP contribution < -0.4 is 5.32 Å². The molecule has 2 atom stereocenters. The molecule has 0 aromatic heterocycles. The van der Waals surface area contributed by atoms with Crippen molar-refractivity contribution in [3.8, 4) is 0 Å². The number of amides is 2. The number of alkyl halides is 2. The molecule has 3 fully saturated rings. The van der Waals surface area contributed by atoms with Gasteiger partial charge < -0.3 is 10.2 Å². The molecule has 21 heavy (non-hydrogen) atoms. The summed E-state index contributed by atoms with van der Waals surface area (Å²) in [6.45, 7) is 1.14. The first-order valence-corrected chi connectivity index (χ1v) is 7.92. The number of fused-ring (bicyclic) bond motifs is 1. The van der Waals surface area contributed by atoms with Gasteiger partial charge in [-0.05, 0) is 37.5 Å². The Labute approximate surface area is 123 Å². The predicted octanol–water partition coefficient (Wildman–Crippen LogP) is 1.80. The van der Waals surface area contributed by atoms with Crippen molar-refractivity contribution in [1.82, 2.24) is 10.2 Å². The largest absolute Gasteiger partial charge is 0.342 e. The molecule has 0 radical (unpaired) electrons. The highest BCUT2D eigenvalue weighted by Gasteiger charge is 2.52. The second-order valence-corrected chi connectivity index (χ2v) is 6.68. The van der Waals surface area contributed by atoms with Crippen LogP contribution >= 0.6 is 0 Å². The van der Waals surface area contributed by atoms with Gasteiger partial charge in [-0.2, -0.15) is 8.78 Å². The van der Waals surface area contributed by atoms with E-state index in [0.717, 1.165) is 25.9 Å². The maximum absolute atomic E-state index is 13.5. The fraction of sp³-hybridized carbons (Fsp3) is 0.867. The molecule has 2 amide bonds. The Morgan fingerprint density at radius 2 is 1.62 bits per heavy atom. The standard InChI is InChI=1S/C15H22F2N2O2/c16-15(17,12-5-6-12)14(21)18-7-13(20)19-8-10-3-1-2-4-11(10)9-19/h10-12H,1-9H2,(H,18,21). The first-order valence-electron chi connectivity index (χ1n) is 7.92. The summed E-state index contributed by atoms with van der Waals surface area (Å²) in [5, 5.41) is 2.12. The molecule has 2 aliphatic carbocycles. The first-order chi connectivity index (χ1) is 9.98. The normalized spacial score (nSPS) is 29.1. The van der Waals surface area contributed by atoms with Crippen molar-refractivity contribution in [2.24, 2.45) is 17.8 Å². The van der Waals surface area contributed by atoms with Crippen molar-refractivity contribution in [2.75, 3.05) is 19.6 Å². The number of halogens is 2. The summed E-state index contributed by atoms with van der Waals surface area (Å²) in [5.41, 5.74) is 0. The lowest BCUT2D eigenvalue weighted by molar-refractivity contribution is -0.150. The van der Waals surface area contributed by atoms with E-state index in [9.17, 15) is 18.4 Å². The Kier molecular flexibility index (Phi) is 3.88. The van der Waals surface area contributed by atoms with Crippen LogP contribution in [0.2, 0.25) is 0 Å². The molecule has 4 nitrogen and oxygen atoms in total. The van der Waals surface area contributed by atoms with Gasteiger partial charge in [0.05, 0.1) is 6.54 Å². The van der Waals surface area contributed by atoms with E-state index in [-0.39, 0.29) is 12.5 Å². The number of carbonyl (C=O) groups excluding carboxylic acids is 2. The quantitative estimate of drug-likeness (QED) is 0.860. The molecule has 1 aliphatic heterocycles. The van der Waals surface area contributed by atoms with Gasteiger partial charge in [-0.3, -0.25) is 9.59 Å². The van der Waals surface area contributed by atoms with Crippen molar-refractivity contribution in [1.29, 1.82) is 0 Å². The van der Waals surface area contributed by atoms with Gasteiger partial charge in [-0.25, -0.2) is 0 Å². The van der Waals surface area contributed by atoms with Gasteiger partial charge in [0.15, 0.2) is 0 Å². The Morgan fingerprint density at radius 3 is 2.14 bits per heavy atom. The number of hydrogen-bond acceptors (Lipinski definition) is 2. The average molecular weight is 300 g/mol. The van der Waals surface area contributed by atoms with E-state index >= 15 is 0 Å². The first kappa shape index (κ1) is 14.7. The lowest BCUT2D eigenvalue weighted by Gasteiger charge is -2.22. The third-order valence-corrected chi connectivity index (χ3v) is 5.12. The molecule has 6 heteroatoms. The van der Waals surface area contributed by atoms with Crippen LogP contribution in [-0.4, -0.2) is 42.3 Å². The van der Waals surface area contributed by atoms with Gasteiger partial charge in [-0.1, -0.05) is 12.8 Å². The highest BCUT2D eigenvalue weighted by atomic mass is 19.3. The molecule has 118 valence electrons. The van der Waals surface area contributed by atoms with Gasteiger partial charge in [0.25, 0.3) is 5.91 Å². The molecule has 1 saturated heterocycles. The molecular weight excluding hydrogens is 278 g/mol. The van der Waals surface area contributed by atoms with Crippen molar-refractivity contribution >= 4 is 11.8 Å². The number of likely N-dealkylation sites (tertiary alicyclic amines) is 1. The molecule has 0 spiro atoms. The van der Waals surface area contributed by atoms with E-state index in [1.165, 1.54) is 12.8 Å². The lowest BCUT2D eigenvalue weighted by Crippen LogP contribution is -2.46. The zero-order valence-corrected chi connectivity index (χ0v) is 12.1. The highest BCUT2D eigenvalue weighted by Crippen LogP contribution is 2.43. The van der Waals surface area contributed by atoms with E-state index < -0.39 is 17.7 Å². The van der Waals surface area contributed by atoms with Crippen LogP contribution in [0.5, 0.6) is 0 Å². The molecule has 2 unspecified atom stereocenters. The number of carbonyl (C=O) groups is 2. The van der Waals surface area contributed by atoms with Gasteiger partial charge >= 0.3 is 5.92 Å². The summed E-state index contributed by atoms with van der Waals surface area (Å²) in [6, 6.07) is 0. The molecule has 0 bridgehead atoms. The molecule has 1 heterocycles. The molecule has 0 aromatic rings. The second-order valence-electron chi connectivity index (χ2n) is 6.68. The van der Waals surface area contributed by atoms with Crippen LogP contribution in [0.15, 0.2) is 0 Å². The van der Waals surface area contributed by atoms with E-state index in [1.807, 2.05) is 0 Å². The minimum Gasteiger partial charge on any atom is -0.342 e. The SMILES string of the molecule is O=C(CNC(=O)C(F)(F)C1CC1)N1CC2CCCCC2C1. The van der Waals surface area contributed by atoms with Gasteiger partial charge in [0, 0.05) is 19.0 Å². The van der Waals surface area contributed by atoms with E-state index in [0.29, 0.717) is 24.7 Å². The van der Waals surface area contributed by atoms with Crippen molar-refractivity contribution in [3.63, 3.8) is 0 Å². The van der Waals surface area contributed by atoms with Crippen LogP contribution in [0.3, 0.4) is 0 Å². The summed E-state index contributed by atoms with van der Waals surface area (Å²) < 4.78 is 27.1. The topological polar surface area (TPSA) is 49.4 Å². The molecular formula is C15H22F2N2O2. The molecule has 3 aliphatic rings. The average Bonchev–Trinajstić information content (AvgIpc) is 3.24. The highest BCUT2D eigenvalue weighted by molar-refractivity contribution is 5.89. The summed E-state index contributed by atoms with van der Waals surface area (Å²) in [4.78, 5) is 25.3. The Balaban J connectivity index is 1.47. The van der Waals surface area contributed by atoms with Crippen molar-refractivity contribution < 1.29 is 18.4 Å². The smallest absolute Gasteiger partial charge is 0.327 e. The van der Waals surface area contributed by atoms with Crippen molar-refractivity contribution in [2.45, 2.75) is 44.4 Å². The monoisotopic (exact) mass is 300 g/mol. The maximum atomic E-state index is 13.5. The van der Waals surface area contributed by atoms with Crippen LogP contribution in [0.25, 0.3) is 0 Å². The Bertz CT molecular complexity index is 423. The van der Waals surface area contributed by atoms with Crippen molar-refractivity contribution in [3.05, 3.63) is 0 Å². The van der Waals surface area contributed by atoms with Gasteiger partial charge in [0.2, 0.25) is 5.91 Å². The Morgan fingerprint density at radius 1 is 1.05 bits per heavy atom. The number of nitrogens with one attached hydrogen (secondary N) is 1. The predicted molar refractivity (Wildman–Crippen MR) is 72.7 cm³/mol. The molecule has 1 N–H and O–H groups in total. The fourth-order valence-electron chi connectivity index (χ4n) is 3.63. The van der Waals surface area contributed by atoms with E-state index in [4.69, 9.17) is 0 Å². The molecule has 2 saturated carbocycles. The van der Waals surface area contributed by atoms with Crippen LogP contribution in [0.4, 0.5) is 8.78 Å². The zero-order valence-electron chi connectivity index (χ0n) is 12.1. The summed E-state index contributed by atoms with van der Waals surface area (Å²) >= 11 is 0. The van der Waals surface area contributed by atoms with Gasteiger partial charge in [-0.15, -0.1) is 0 Å². The van der Waals surface area contributed by atoms with E-state index in [1.54, 1.807) is 4.90 Å². The molecule has 0 aromatic carbocycles. The summed E-state index contributed by atoms with van der Waals surface area (Å²) in [6.07, 6.45) is 5.52. The van der Waals surface area contributed by atoms with Crippen LogP contribution in [0, 0.1) is 17.8 Å². The van der Waals surface area contributed by atoms with Crippen LogP contribution in [-0.2, 0) is 9.59 Å². The third-order valence-electron chi connectivity index (χ3n) is 5.12. The third kappa shape index (κ3) is 3.04. The lowest BCUT2D eigenvalue weighted by atomic mass is 9.82. The summed E-state index contributed by atoms with van der Waals surface area (Å²) in [7, 11) is 0. The van der Waals surface area contributed by atoms with Crippen LogP contribution in [0.1, 0.15) is 38.5 Å². The molecule has 3 rings (SSSR count). The number of rotatable bonds is 4. The maximum Gasteiger partial charge on any atom is 0.327 e.